The average Bonchev–Trinajstić information content (AvgIpc) is 3.46. The smallest absolute Gasteiger partial charge is 0.410 e. The molecule has 1 aliphatic heterocycles. The van der Waals surface area contributed by atoms with E-state index in [4.69, 9.17) is 14.5 Å². The first kappa shape index (κ1) is 32.3. The Morgan fingerprint density at radius 3 is 2.53 bits per heavy atom. The fourth-order valence-electron chi connectivity index (χ4n) is 4.64. The number of carbonyl (C=O) groups is 1. The van der Waals surface area contributed by atoms with Gasteiger partial charge >= 0.3 is 6.09 Å². The van der Waals surface area contributed by atoms with Crippen molar-refractivity contribution in [1.82, 2.24) is 14.9 Å². The van der Waals surface area contributed by atoms with Gasteiger partial charge in [0.05, 0.1) is 21.2 Å². The molecule has 3 heterocycles. The number of hydrogen-bond acceptors (Lipinski definition) is 7. The van der Waals surface area contributed by atoms with Crippen LogP contribution >= 0.6 is 11.3 Å². The van der Waals surface area contributed by atoms with Crippen molar-refractivity contribution >= 4 is 39.7 Å². The molecule has 13 heteroatoms. The van der Waals surface area contributed by atoms with Gasteiger partial charge in [0.25, 0.3) is 0 Å². The highest BCUT2D eigenvalue weighted by atomic mass is 32.2. The van der Waals surface area contributed by atoms with E-state index < -0.39 is 45.0 Å². The molecule has 45 heavy (non-hydrogen) atoms. The van der Waals surface area contributed by atoms with Gasteiger partial charge in [-0.2, -0.15) is 0 Å². The first-order chi connectivity index (χ1) is 21.5. The van der Waals surface area contributed by atoms with Gasteiger partial charge in [-0.15, -0.1) is 11.3 Å². The fourth-order valence-corrected chi connectivity index (χ4v) is 7.00. The quantitative estimate of drug-likeness (QED) is 0.183. The van der Waals surface area contributed by atoms with Gasteiger partial charge in [0.2, 0.25) is 0 Å². The maximum atomic E-state index is 16.5. The van der Waals surface area contributed by atoms with E-state index in [2.05, 4.69) is 4.98 Å². The van der Waals surface area contributed by atoms with Gasteiger partial charge in [-0.25, -0.2) is 27.2 Å². The zero-order valence-electron chi connectivity index (χ0n) is 25.1. The molecule has 0 N–H and O–H groups in total. The zero-order chi connectivity index (χ0) is 32.3. The van der Waals surface area contributed by atoms with Crippen molar-refractivity contribution in [3.8, 4) is 21.7 Å². The van der Waals surface area contributed by atoms with Crippen LogP contribution in [0.25, 0.3) is 27.3 Å². The number of aromatic nitrogens is 2. The molecule has 0 spiro atoms. The Kier molecular flexibility index (Phi) is 9.70. The summed E-state index contributed by atoms with van der Waals surface area (Å²) in [6.07, 6.45) is 5.28. The number of halogens is 3. The van der Waals surface area contributed by atoms with Crippen LogP contribution in [-0.4, -0.2) is 57.7 Å². The van der Waals surface area contributed by atoms with Gasteiger partial charge in [0.15, 0.2) is 16.8 Å². The van der Waals surface area contributed by atoms with Gasteiger partial charge in [-0.3, -0.25) is 9.29 Å². The van der Waals surface area contributed by atoms with Crippen molar-refractivity contribution in [2.24, 2.45) is 0 Å². The second-order valence-corrected chi connectivity index (χ2v) is 13.5. The fraction of sp³-hybridized carbons (Fsp3) is 0.281. The Morgan fingerprint density at radius 1 is 1.11 bits per heavy atom. The predicted molar refractivity (Wildman–Crippen MR) is 168 cm³/mol. The summed E-state index contributed by atoms with van der Waals surface area (Å²) in [7, 11) is -1.02. The number of amides is 1. The molecular formula is C32H31F3N4O4S2. The molecule has 1 unspecified atom stereocenters. The Bertz CT molecular complexity index is 1760. The zero-order valence-corrected chi connectivity index (χ0v) is 26.7. The minimum absolute atomic E-state index is 0.117. The summed E-state index contributed by atoms with van der Waals surface area (Å²) in [4.78, 5) is 23.4. The highest BCUT2D eigenvalue weighted by Crippen LogP contribution is 2.42. The number of pyridine rings is 1. The molecule has 0 fully saturated rings. The number of rotatable bonds is 8. The summed E-state index contributed by atoms with van der Waals surface area (Å²) in [5.74, 6) is -2.45. The Hall–Kier alpha value is -4.07. The molecule has 0 radical (unpaired) electrons. The number of ether oxygens (including phenoxy) is 2. The Balaban J connectivity index is 1.55. The third kappa shape index (κ3) is 7.26. The molecule has 8 nitrogen and oxygen atoms in total. The van der Waals surface area contributed by atoms with Gasteiger partial charge in [0.1, 0.15) is 29.0 Å². The second-order valence-electron chi connectivity index (χ2n) is 11.1. The van der Waals surface area contributed by atoms with Crippen molar-refractivity contribution in [2.75, 3.05) is 31.2 Å². The molecule has 0 saturated carbocycles. The highest BCUT2D eigenvalue weighted by Gasteiger charge is 2.28. The molecule has 0 bridgehead atoms. The van der Waals surface area contributed by atoms with E-state index in [-0.39, 0.29) is 18.0 Å². The molecule has 1 amide bonds. The summed E-state index contributed by atoms with van der Waals surface area (Å²) in [6.45, 7) is 5.83. The third-order valence-corrected chi connectivity index (χ3v) is 9.31. The van der Waals surface area contributed by atoms with Gasteiger partial charge in [-0.1, -0.05) is 12.1 Å². The monoisotopic (exact) mass is 656 g/mol. The molecule has 0 aliphatic carbocycles. The Labute approximate surface area is 265 Å². The first-order valence-corrected chi connectivity index (χ1v) is 15.9. The van der Waals surface area contributed by atoms with Gasteiger partial charge < -0.3 is 14.4 Å². The lowest BCUT2D eigenvalue weighted by molar-refractivity contribution is 0.0270. The first-order valence-electron chi connectivity index (χ1n) is 14.0. The maximum absolute atomic E-state index is 16.5. The van der Waals surface area contributed by atoms with E-state index in [1.807, 2.05) is 26.8 Å². The highest BCUT2D eigenvalue weighted by molar-refractivity contribution is 7.86. The molecule has 0 saturated heterocycles. The van der Waals surface area contributed by atoms with E-state index in [1.165, 1.54) is 24.5 Å². The van der Waals surface area contributed by atoms with Crippen LogP contribution in [-0.2, 0) is 20.5 Å². The van der Waals surface area contributed by atoms with Crippen LogP contribution in [0.15, 0.2) is 71.9 Å². The number of benzene rings is 2. The molecule has 4 aromatic rings. The summed E-state index contributed by atoms with van der Waals surface area (Å²) in [6, 6.07) is 10.7. The van der Waals surface area contributed by atoms with Crippen LogP contribution in [0, 0.1) is 17.5 Å². The number of thiazole rings is 1. The van der Waals surface area contributed by atoms with Crippen molar-refractivity contribution in [3.05, 3.63) is 89.5 Å². The van der Waals surface area contributed by atoms with Crippen LogP contribution in [0.4, 0.5) is 23.7 Å². The number of carbonyl (C=O) groups excluding carboxylic acids is 1. The van der Waals surface area contributed by atoms with Crippen molar-refractivity contribution < 1.29 is 31.6 Å². The van der Waals surface area contributed by atoms with E-state index >= 15 is 4.39 Å². The van der Waals surface area contributed by atoms with E-state index in [9.17, 15) is 17.8 Å². The number of methoxy groups -OCH3 is 1. The molecule has 236 valence electrons. The van der Waals surface area contributed by atoms with Crippen LogP contribution in [0.2, 0.25) is 0 Å². The number of nitrogens with zero attached hydrogens (tertiary/aromatic N) is 4. The standard InChI is InChI=1S/C32H31F3N4O4S2/c1-32(2,3)43-31(40)38-16-12-21(13-17-38)30-37-28(29(44-30)20-10-14-36-15-11-20)23-6-5-7-25(27(23)35)39(19-42-4)45(41)26-18-22(33)8-9-24(26)34/h5-12,14-15,18H,13,16-17,19H2,1-4H3. The second kappa shape index (κ2) is 13.5. The van der Waals surface area contributed by atoms with E-state index in [1.54, 1.807) is 41.6 Å². The van der Waals surface area contributed by atoms with E-state index in [0.29, 0.717) is 35.1 Å². The average molecular weight is 657 g/mol. The minimum Gasteiger partial charge on any atom is -0.444 e. The summed E-state index contributed by atoms with van der Waals surface area (Å²) >= 11 is 1.38. The molecule has 2 aromatic heterocycles. The lowest BCUT2D eigenvalue weighted by Crippen LogP contribution is -2.39. The number of anilines is 1. The molecule has 1 aliphatic rings. The topological polar surface area (TPSA) is 84.9 Å². The summed E-state index contributed by atoms with van der Waals surface area (Å²) in [5, 5.41) is 0.657. The van der Waals surface area contributed by atoms with Crippen molar-refractivity contribution in [2.45, 2.75) is 37.7 Å². The van der Waals surface area contributed by atoms with Crippen molar-refractivity contribution in [3.63, 3.8) is 0 Å². The lowest BCUT2D eigenvalue weighted by Gasteiger charge is -2.29. The normalized spacial score (nSPS) is 14.2. The minimum atomic E-state index is -2.35. The predicted octanol–water partition coefficient (Wildman–Crippen LogP) is 7.45. The molecule has 2 aromatic carbocycles. The van der Waals surface area contributed by atoms with Gasteiger partial charge in [0, 0.05) is 38.2 Å². The lowest BCUT2D eigenvalue weighted by atomic mass is 10.1. The van der Waals surface area contributed by atoms with Crippen LogP contribution in [0.3, 0.4) is 0 Å². The maximum Gasteiger partial charge on any atom is 0.410 e. The molecular weight excluding hydrogens is 626 g/mol. The summed E-state index contributed by atoms with van der Waals surface area (Å²) < 4.78 is 70.2. The van der Waals surface area contributed by atoms with Gasteiger partial charge in [-0.05, 0) is 80.8 Å². The summed E-state index contributed by atoms with van der Waals surface area (Å²) in [5.41, 5.74) is 1.38. The molecule has 5 rings (SSSR count). The largest absolute Gasteiger partial charge is 0.444 e. The van der Waals surface area contributed by atoms with Crippen LogP contribution in [0.1, 0.15) is 32.2 Å². The van der Waals surface area contributed by atoms with Crippen molar-refractivity contribution in [1.29, 1.82) is 0 Å². The third-order valence-electron chi connectivity index (χ3n) is 6.74. The van der Waals surface area contributed by atoms with Crippen LogP contribution < -0.4 is 4.31 Å². The SMILES string of the molecule is COCN(c1cccc(-c2nc(C3=CCN(C(=O)OC(C)(C)C)CC3)sc2-c2ccncc2)c1F)S(=O)c1cc(F)ccc1F. The molecule has 1 atom stereocenters. The number of hydrogen-bond donors (Lipinski definition) is 0. The Morgan fingerprint density at radius 2 is 1.87 bits per heavy atom. The van der Waals surface area contributed by atoms with E-state index in [0.717, 1.165) is 33.6 Å². The van der Waals surface area contributed by atoms with Crippen LogP contribution in [0.5, 0.6) is 0 Å².